The van der Waals surface area contributed by atoms with E-state index in [2.05, 4.69) is 70.5 Å². The van der Waals surface area contributed by atoms with E-state index in [1.807, 2.05) is 18.5 Å². The lowest BCUT2D eigenvalue weighted by Crippen LogP contribution is -2.24. The first-order chi connectivity index (χ1) is 11.9. The number of anilines is 1. The molecule has 120 valence electrons. The van der Waals surface area contributed by atoms with Gasteiger partial charge in [0.15, 0.2) is 0 Å². The van der Waals surface area contributed by atoms with Crippen LogP contribution in [0.5, 0.6) is 5.75 Å². The van der Waals surface area contributed by atoms with Crippen molar-refractivity contribution in [2.75, 3.05) is 18.0 Å². The van der Waals surface area contributed by atoms with E-state index in [4.69, 9.17) is 4.74 Å². The molecular weight excluding hydrogens is 296 g/mol. The molecule has 3 aromatic rings. The minimum atomic E-state index is 0.237. The zero-order valence-electron chi connectivity index (χ0n) is 13.5. The van der Waals surface area contributed by atoms with E-state index >= 15 is 0 Å². The van der Waals surface area contributed by atoms with Crippen LogP contribution >= 0.6 is 0 Å². The van der Waals surface area contributed by atoms with Crippen LogP contribution in [0.25, 0.3) is 11.1 Å². The lowest BCUT2D eigenvalue weighted by atomic mass is 10.1. The minimum Gasteiger partial charge on any atom is -0.489 e. The number of ether oxygens (including phenoxy) is 1. The molecule has 2 heterocycles. The van der Waals surface area contributed by atoms with Gasteiger partial charge in [-0.3, -0.25) is 4.98 Å². The fourth-order valence-corrected chi connectivity index (χ4v) is 3.16. The molecule has 3 nitrogen and oxygen atoms in total. The van der Waals surface area contributed by atoms with Gasteiger partial charge in [0.25, 0.3) is 0 Å². The molecule has 1 atom stereocenters. The highest BCUT2D eigenvalue weighted by atomic mass is 16.5. The van der Waals surface area contributed by atoms with Crippen LogP contribution in [0.2, 0.25) is 0 Å². The van der Waals surface area contributed by atoms with Gasteiger partial charge >= 0.3 is 0 Å². The van der Waals surface area contributed by atoms with Crippen LogP contribution in [-0.4, -0.2) is 24.2 Å². The van der Waals surface area contributed by atoms with Crippen molar-refractivity contribution in [1.29, 1.82) is 0 Å². The van der Waals surface area contributed by atoms with Gasteiger partial charge in [0, 0.05) is 31.0 Å². The average molecular weight is 316 g/mol. The number of aromatic nitrogens is 1. The third-order valence-corrected chi connectivity index (χ3v) is 4.44. The molecule has 1 aliphatic heterocycles. The zero-order chi connectivity index (χ0) is 16.2. The Hall–Kier alpha value is -2.81. The van der Waals surface area contributed by atoms with Crippen molar-refractivity contribution in [3.05, 3.63) is 79.1 Å². The summed E-state index contributed by atoms with van der Waals surface area (Å²) in [6, 6.07) is 22.9. The third-order valence-electron chi connectivity index (χ3n) is 4.44. The predicted octanol–water partition coefficient (Wildman–Crippen LogP) is 4.41. The smallest absolute Gasteiger partial charge is 0.119 e. The Kier molecular flexibility index (Phi) is 4.15. The molecular formula is C21H20N2O. The second-order valence-electron chi connectivity index (χ2n) is 6.07. The SMILES string of the molecule is c1ccc(-c2ccc(OC3CCN(c4ccncc4)C3)cc2)cc1. The normalized spacial score (nSPS) is 17.0. The maximum Gasteiger partial charge on any atom is 0.119 e. The Bertz CT molecular complexity index is 772. The fourth-order valence-electron chi connectivity index (χ4n) is 3.16. The quantitative estimate of drug-likeness (QED) is 0.713. The van der Waals surface area contributed by atoms with Crippen molar-refractivity contribution in [2.45, 2.75) is 12.5 Å². The maximum absolute atomic E-state index is 6.16. The van der Waals surface area contributed by atoms with Gasteiger partial charge < -0.3 is 9.64 Å². The Morgan fingerprint density at radius 3 is 2.29 bits per heavy atom. The van der Waals surface area contributed by atoms with Crippen molar-refractivity contribution in [2.24, 2.45) is 0 Å². The van der Waals surface area contributed by atoms with Gasteiger partial charge in [-0.25, -0.2) is 0 Å². The van der Waals surface area contributed by atoms with Gasteiger partial charge in [0.05, 0.1) is 6.54 Å². The molecule has 0 amide bonds. The molecule has 1 saturated heterocycles. The molecule has 4 rings (SSSR count). The number of nitrogens with zero attached hydrogens (tertiary/aromatic N) is 2. The second-order valence-corrected chi connectivity index (χ2v) is 6.07. The van der Waals surface area contributed by atoms with Gasteiger partial charge in [0.1, 0.15) is 11.9 Å². The number of hydrogen-bond acceptors (Lipinski definition) is 3. The van der Waals surface area contributed by atoms with Gasteiger partial charge in [-0.1, -0.05) is 42.5 Å². The molecule has 0 radical (unpaired) electrons. The van der Waals surface area contributed by atoms with E-state index in [-0.39, 0.29) is 6.10 Å². The summed E-state index contributed by atoms with van der Waals surface area (Å²) in [5.74, 6) is 0.941. The summed E-state index contributed by atoms with van der Waals surface area (Å²) in [6.07, 6.45) is 4.96. The molecule has 0 saturated carbocycles. The topological polar surface area (TPSA) is 25.4 Å². The van der Waals surface area contributed by atoms with Gasteiger partial charge in [-0.2, -0.15) is 0 Å². The van der Waals surface area contributed by atoms with Crippen molar-refractivity contribution >= 4 is 5.69 Å². The first-order valence-corrected chi connectivity index (χ1v) is 8.35. The van der Waals surface area contributed by atoms with Gasteiger partial charge in [-0.15, -0.1) is 0 Å². The van der Waals surface area contributed by atoms with Crippen molar-refractivity contribution in [3.8, 4) is 16.9 Å². The summed E-state index contributed by atoms with van der Waals surface area (Å²) in [5, 5.41) is 0. The van der Waals surface area contributed by atoms with Crippen molar-refractivity contribution in [1.82, 2.24) is 4.98 Å². The molecule has 1 aromatic heterocycles. The molecule has 1 aliphatic rings. The summed E-state index contributed by atoms with van der Waals surface area (Å²) in [6.45, 7) is 1.95. The number of pyridine rings is 1. The Morgan fingerprint density at radius 2 is 1.54 bits per heavy atom. The first kappa shape index (κ1) is 14.8. The van der Waals surface area contributed by atoms with Crippen LogP contribution < -0.4 is 9.64 Å². The van der Waals surface area contributed by atoms with Crippen LogP contribution in [0.4, 0.5) is 5.69 Å². The molecule has 1 unspecified atom stereocenters. The van der Waals surface area contributed by atoms with Crippen LogP contribution in [0.3, 0.4) is 0 Å². The number of hydrogen-bond donors (Lipinski definition) is 0. The van der Waals surface area contributed by atoms with E-state index < -0.39 is 0 Å². The highest BCUT2D eigenvalue weighted by molar-refractivity contribution is 5.63. The van der Waals surface area contributed by atoms with E-state index in [1.54, 1.807) is 0 Å². The van der Waals surface area contributed by atoms with E-state index in [9.17, 15) is 0 Å². The average Bonchev–Trinajstić information content (AvgIpc) is 3.12. The highest BCUT2D eigenvalue weighted by Gasteiger charge is 2.24. The van der Waals surface area contributed by atoms with Crippen molar-refractivity contribution < 1.29 is 4.74 Å². The number of rotatable bonds is 4. The predicted molar refractivity (Wildman–Crippen MR) is 97.4 cm³/mol. The zero-order valence-corrected chi connectivity index (χ0v) is 13.5. The largest absolute Gasteiger partial charge is 0.489 e. The van der Waals surface area contributed by atoms with Crippen LogP contribution in [0.15, 0.2) is 79.1 Å². The van der Waals surface area contributed by atoms with E-state index in [1.165, 1.54) is 16.8 Å². The summed E-state index contributed by atoms with van der Waals surface area (Å²) in [5.41, 5.74) is 3.66. The molecule has 1 fully saturated rings. The summed E-state index contributed by atoms with van der Waals surface area (Å²) < 4.78 is 6.16. The molecule has 0 N–H and O–H groups in total. The summed E-state index contributed by atoms with van der Waals surface area (Å²) >= 11 is 0. The van der Waals surface area contributed by atoms with E-state index in [0.717, 1.165) is 25.3 Å². The summed E-state index contributed by atoms with van der Waals surface area (Å²) in [7, 11) is 0. The minimum absolute atomic E-state index is 0.237. The molecule has 2 aromatic carbocycles. The lowest BCUT2D eigenvalue weighted by Gasteiger charge is -2.18. The number of benzene rings is 2. The Balaban J connectivity index is 1.40. The van der Waals surface area contributed by atoms with E-state index in [0.29, 0.717) is 0 Å². The lowest BCUT2D eigenvalue weighted by molar-refractivity contribution is 0.225. The third kappa shape index (κ3) is 3.25. The van der Waals surface area contributed by atoms with Crippen molar-refractivity contribution in [3.63, 3.8) is 0 Å². The van der Waals surface area contributed by atoms with Crippen LogP contribution in [0.1, 0.15) is 6.42 Å². The molecule has 3 heteroatoms. The molecule has 0 bridgehead atoms. The molecule has 24 heavy (non-hydrogen) atoms. The standard InChI is InChI=1S/C21H20N2O/c1-2-4-17(5-3-1)18-6-8-20(9-7-18)24-21-12-15-23(16-21)19-10-13-22-14-11-19/h1-11,13-14,21H,12,15-16H2. The van der Waals surface area contributed by atoms with Gasteiger partial charge in [0.2, 0.25) is 0 Å². The molecule has 0 aliphatic carbocycles. The Labute approximate surface area is 142 Å². The molecule has 0 spiro atoms. The highest BCUT2D eigenvalue weighted by Crippen LogP contribution is 2.25. The van der Waals surface area contributed by atoms with Crippen LogP contribution in [0, 0.1) is 0 Å². The fraction of sp³-hybridized carbons (Fsp3) is 0.190. The Morgan fingerprint density at radius 1 is 0.833 bits per heavy atom. The monoisotopic (exact) mass is 316 g/mol. The van der Waals surface area contributed by atoms with Gasteiger partial charge in [-0.05, 0) is 35.4 Å². The summed E-state index contributed by atoms with van der Waals surface area (Å²) in [4.78, 5) is 6.43. The maximum atomic E-state index is 6.16. The first-order valence-electron chi connectivity index (χ1n) is 8.35. The van der Waals surface area contributed by atoms with Crippen LogP contribution in [-0.2, 0) is 0 Å². The second kappa shape index (κ2) is 6.75.